The number of aromatic nitrogens is 2. The molecule has 33 heavy (non-hydrogen) atoms. The molecule has 0 bridgehead atoms. The van der Waals surface area contributed by atoms with E-state index in [9.17, 15) is 9.18 Å². The molecule has 0 aliphatic carbocycles. The maximum absolute atomic E-state index is 14.4. The van der Waals surface area contributed by atoms with Crippen LogP contribution < -0.4 is 20.1 Å². The van der Waals surface area contributed by atoms with Crippen LogP contribution in [0.1, 0.15) is 41.7 Å². The van der Waals surface area contributed by atoms with Gasteiger partial charge in [0.15, 0.2) is 11.6 Å². The molecule has 0 spiro atoms. The number of nitrogens with zero attached hydrogens (tertiary/aromatic N) is 1. The largest absolute Gasteiger partial charge is 0.492 e. The van der Waals surface area contributed by atoms with Crippen molar-refractivity contribution in [3.05, 3.63) is 66.4 Å². The molecular weight excluding hydrogens is 423 g/mol. The first-order chi connectivity index (χ1) is 16.1. The number of carbonyl (C=O) groups excluding carboxylic acids is 1. The molecule has 1 aliphatic heterocycles. The van der Waals surface area contributed by atoms with E-state index in [0.29, 0.717) is 48.0 Å². The molecule has 8 heteroatoms. The summed E-state index contributed by atoms with van der Waals surface area (Å²) in [4.78, 5) is 20.7. The number of nitrogens with one attached hydrogen (secondary N) is 3. The fourth-order valence-electron chi connectivity index (χ4n) is 4.06. The second kappa shape index (κ2) is 9.77. The van der Waals surface area contributed by atoms with E-state index in [0.717, 1.165) is 17.7 Å². The Labute approximate surface area is 192 Å². The third-order valence-electron chi connectivity index (χ3n) is 5.57. The van der Waals surface area contributed by atoms with Gasteiger partial charge in [0.1, 0.15) is 5.75 Å². The zero-order valence-electron chi connectivity index (χ0n) is 18.7. The molecule has 7 nitrogen and oxygen atoms in total. The van der Waals surface area contributed by atoms with Crippen LogP contribution in [0.15, 0.2) is 49.3 Å². The highest BCUT2D eigenvalue weighted by atomic mass is 19.1. The number of halogens is 1. The predicted octanol–water partition coefficient (Wildman–Crippen LogP) is 5.16. The van der Waals surface area contributed by atoms with Crippen LogP contribution in [0, 0.1) is 5.82 Å². The number of ether oxygens (including phenoxy) is 2. The number of hydrogen-bond acceptors (Lipinski definition) is 5. The van der Waals surface area contributed by atoms with Crippen molar-refractivity contribution in [3.63, 3.8) is 0 Å². The summed E-state index contributed by atoms with van der Waals surface area (Å²) in [5.74, 6) is -0.0304. The number of hydrogen-bond donors (Lipinski definition) is 3. The van der Waals surface area contributed by atoms with E-state index in [4.69, 9.17) is 9.47 Å². The number of anilines is 2. The van der Waals surface area contributed by atoms with E-state index in [1.165, 1.54) is 13.2 Å². The van der Waals surface area contributed by atoms with Gasteiger partial charge in [-0.05, 0) is 31.0 Å². The molecule has 172 valence electrons. The molecule has 4 rings (SSSR count). The Balaban J connectivity index is 1.92. The molecule has 0 saturated heterocycles. The lowest BCUT2D eigenvalue weighted by Crippen LogP contribution is -2.34. The third kappa shape index (κ3) is 4.28. The van der Waals surface area contributed by atoms with Crippen LogP contribution in [-0.4, -0.2) is 36.1 Å². The second-order valence-corrected chi connectivity index (χ2v) is 7.76. The number of benzene rings is 1. The van der Waals surface area contributed by atoms with Gasteiger partial charge in [-0.1, -0.05) is 19.1 Å². The normalized spacial score (nSPS) is 14.9. The Morgan fingerprint density at radius 3 is 2.97 bits per heavy atom. The van der Waals surface area contributed by atoms with Crippen molar-refractivity contribution in [2.75, 3.05) is 25.6 Å². The molecule has 3 N–H and O–H groups in total. The van der Waals surface area contributed by atoms with E-state index in [1.807, 2.05) is 19.1 Å². The van der Waals surface area contributed by atoms with Gasteiger partial charge in [0.25, 0.3) is 5.91 Å². The fourth-order valence-corrected chi connectivity index (χ4v) is 4.06. The lowest BCUT2D eigenvalue weighted by molar-refractivity contribution is 0.0941. The van der Waals surface area contributed by atoms with Crippen molar-refractivity contribution in [2.24, 2.45) is 0 Å². The number of allylic oxidation sites excluding steroid dienone is 1. The van der Waals surface area contributed by atoms with Gasteiger partial charge in [-0.2, -0.15) is 0 Å². The standard InChI is InChI=1S/C25H27FN4O3/c1-4-7-15-13-28-25(31)20-21(15)30-22(16-10-11-27-14-19(16)33-12-5-2)23(20)29-18-9-6-8-17(26)24(18)32-3/h4,6,8-11,14-15,29-30H,1,5,7,12-13H2,2-3H3,(H,28,31). The molecule has 1 atom stereocenters. The van der Waals surface area contributed by atoms with Crippen molar-refractivity contribution in [1.29, 1.82) is 0 Å². The summed E-state index contributed by atoms with van der Waals surface area (Å²) in [7, 11) is 1.41. The highest BCUT2D eigenvalue weighted by Crippen LogP contribution is 2.44. The smallest absolute Gasteiger partial charge is 0.255 e. The summed E-state index contributed by atoms with van der Waals surface area (Å²) in [5.41, 5.74) is 3.61. The Bertz CT molecular complexity index is 1170. The number of methoxy groups -OCH3 is 1. The van der Waals surface area contributed by atoms with Gasteiger partial charge in [-0.3, -0.25) is 9.78 Å². The fraction of sp³-hybridized carbons (Fsp3) is 0.280. The number of fused-ring (bicyclic) bond motifs is 1. The second-order valence-electron chi connectivity index (χ2n) is 7.76. The molecule has 1 aromatic carbocycles. The molecule has 1 unspecified atom stereocenters. The SMILES string of the molecule is C=CCC1CNC(=O)c2c1[nH]c(-c1ccncc1OCCC)c2Nc1cccc(F)c1OC. The van der Waals surface area contributed by atoms with Crippen LogP contribution in [0.3, 0.4) is 0 Å². The van der Waals surface area contributed by atoms with Gasteiger partial charge in [0, 0.05) is 29.9 Å². The molecule has 3 aromatic rings. The van der Waals surface area contributed by atoms with Crippen LogP contribution in [0.2, 0.25) is 0 Å². The molecule has 1 aliphatic rings. The highest BCUT2D eigenvalue weighted by molar-refractivity contribution is 6.07. The van der Waals surface area contributed by atoms with Crippen LogP contribution in [0.4, 0.5) is 15.8 Å². The average molecular weight is 451 g/mol. The van der Waals surface area contributed by atoms with E-state index in [1.54, 1.807) is 24.5 Å². The summed E-state index contributed by atoms with van der Waals surface area (Å²) >= 11 is 0. The minimum absolute atomic E-state index is 0.0285. The first kappa shape index (κ1) is 22.4. The van der Waals surface area contributed by atoms with E-state index in [2.05, 4.69) is 27.2 Å². The minimum atomic E-state index is -0.502. The lowest BCUT2D eigenvalue weighted by Gasteiger charge is -2.23. The summed E-state index contributed by atoms with van der Waals surface area (Å²) < 4.78 is 25.6. The van der Waals surface area contributed by atoms with Crippen molar-refractivity contribution in [2.45, 2.75) is 25.7 Å². The van der Waals surface area contributed by atoms with Crippen LogP contribution in [-0.2, 0) is 0 Å². The molecular formula is C25H27FN4O3. The van der Waals surface area contributed by atoms with Gasteiger partial charge < -0.3 is 25.1 Å². The summed E-state index contributed by atoms with van der Waals surface area (Å²) in [5, 5.41) is 6.21. The zero-order valence-corrected chi connectivity index (χ0v) is 18.7. The number of aromatic amines is 1. The quantitative estimate of drug-likeness (QED) is 0.392. The molecule has 1 amide bonds. The molecule has 0 saturated carbocycles. The number of rotatable bonds is 9. The highest BCUT2D eigenvalue weighted by Gasteiger charge is 2.33. The average Bonchev–Trinajstić information content (AvgIpc) is 3.20. The number of amides is 1. The third-order valence-corrected chi connectivity index (χ3v) is 5.57. The molecule has 3 heterocycles. The van der Waals surface area contributed by atoms with Gasteiger partial charge >= 0.3 is 0 Å². The first-order valence-corrected chi connectivity index (χ1v) is 10.9. The van der Waals surface area contributed by atoms with Crippen LogP contribution in [0.5, 0.6) is 11.5 Å². The van der Waals surface area contributed by atoms with Crippen LogP contribution in [0.25, 0.3) is 11.3 Å². The molecule has 2 aromatic heterocycles. The Hall–Kier alpha value is -3.81. The van der Waals surface area contributed by atoms with Gasteiger partial charge in [-0.25, -0.2) is 4.39 Å². The Kier molecular flexibility index (Phi) is 6.63. The first-order valence-electron chi connectivity index (χ1n) is 10.9. The summed E-state index contributed by atoms with van der Waals surface area (Å²) in [6, 6.07) is 6.44. The van der Waals surface area contributed by atoms with E-state index in [-0.39, 0.29) is 17.6 Å². The summed E-state index contributed by atoms with van der Waals surface area (Å²) in [6.45, 7) is 6.90. The number of carbonyl (C=O) groups is 1. The number of pyridine rings is 1. The molecule has 0 radical (unpaired) electrons. The Morgan fingerprint density at radius 1 is 1.36 bits per heavy atom. The topological polar surface area (TPSA) is 88.3 Å². The predicted molar refractivity (Wildman–Crippen MR) is 126 cm³/mol. The molecule has 0 fully saturated rings. The van der Waals surface area contributed by atoms with Crippen molar-refractivity contribution in [3.8, 4) is 22.8 Å². The maximum atomic E-state index is 14.4. The summed E-state index contributed by atoms with van der Waals surface area (Å²) in [6.07, 6.45) is 6.67. The van der Waals surface area contributed by atoms with Crippen molar-refractivity contribution in [1.82, 2.24) is 15.3 Å². The monoisotopic (exact) mass is 450 g/mol. The minimum Gasteiger partial charge on any atom is -0.492 e. The van der Waals surface area contributed by atoms with Crippen molar-refractivity contribution >= 4 is 17.3 Å². The van der Waals surface area contributed by atoms with Crippen LogP contribution >= 0.6 is 0 Å². The van der Waals surface area contributed by atoms with Gasteiger partial charge in [0.05, 0.1) is 42.5 Å². The number of H-pyrrole nitrogens is 1. The van der Waals surface area contributed by atoms with Crippen molar-refractivity contribution < 1.29 is 18.7 Å². The van der Waals surface area contributed by atoms with Gasteiger partial charge in [-0.15, -0.1) is 6.58 Å². The lowest BCUT2D eigenvalue weighted by atomic mass is 9.93. The van der Waals surface area contributed by atoms with E-state index >= 15 is 0 Å². The van der Waals surface area contributed by atoms with Gasteiger partial charge in [0.2, 0.25) is 0 Å². The number of para-hydroxylation sites is 1. The van der Waals surface area contributed by atoms with E-state index < -0.39 is 5.82 Å². The Morgan fingerprint density at radius 2 is 2.21 bits per heavy atom. The maximum Gasteiger partial charge on any atom is 0.255 e. The zero-order chi connectivity index (χ0) is 23.4.